The van der Waals surface area contributed by atoms with Crippen molar-refractivity contribution in [1.82, 2.24) is 0 Å². The van der Waals surface area contributed by atoms with Crippen LogP contribution in [0.25, 0.3) is 0 Å². The van der Waals surface area contributed by atoms with Crippen LogP contribution in [0.2, 0.25) is 0 Å². The minimum absolute atomic E-state index is 0.0182. The Morgan fingerprint density at radius 2 is 0.778 bits per heavy atom. The Kier molecular flexibility index (Phi) is 13.6. The van der Waals surface area contributed by atoms with Gasteiger partial charge in [0.05, 0.1) is 59.5 Å². The lowest BCUT2D eigenvalue weighted by Crippen LogP contribution is -2.40. The van der Waals surface area contributed by atoms with E-state index in [-0.39, 0.29) is 66.3 Å². The summed E-state index contributed by atoms with van der Waals surface area (Å²) < 4.78 is 16.7. The SMILES string of the molecule is CCC(CO)(CO)COCOCC(CC)(CO)COCC(CC)(CO)CO. The molecule has 8 heteroatoms. The molecule has 0 saturated heterocycles. The molecule has 0 heterocycles. The first-order valence-electron chi connectivity index (χ1n) is 9.68. The minimum atomic E-state index is -0.684. The first-order valence-corrected chi connectivity index (χ1v) is 9.68. The van der Waals surface area contributed by atoms with Crippen molar-refractivity contribution in [3.63, 3.8) is 0 Å². The van der Waals surface area contributed by atoms with Gasteiger partial charge in [0.25, 0.3) is 0 Å². The van der Waals surface area contributed by atoms with Crippen LogP contribution in [-0.2, 0) is 14.2 Å². The average molecular weight is 397 g/mol. The second kappa shape index (κ2) is 13.8. The summed E-state index contributed by atoms with van der Waals surface area (Å²) >= 11 is 0. The van der Waals surface area contributed by atoms with Crippen molar-refractivity contribution in [2.45, 2.75) is 40.0 Å². The van der Waals surface area contributed by atoms with Crippen molar-refractivity contribution in [2.75, 3.05) is 66.3 Å². The van der Waals surface area contributed by atoms with Crippen molar-refractivity contribution >= 4 is 0 Å². The highest BCUT2D eigenvalue weighted by atomic mass is 16.7. The van der Waals surface area contributed by atoms with Crippen LogP contribution in [0.3, 0.4) is 0 Å². The van der Waals surface area contributed by atoms with Gasteiger partial charge in [-0.2, -0.15) is 0 Å². The quantitative estimate of drug-likeness (QED) is 0.163. The Morgan fingerprint density at radius 3 is 1.11 bits per heavy atom. The molecule has 0 aliphatic heterocycles. The van der Waals surface area contributed by atoms with Gasteiger partial charge in [-0.1, -0.05) is 20.8 Å². The molecule has 0 fully saturated rings. The third kappa shape index (κ3) is 8.29. The van der Waals surface area contributed by atoms with Crippen LogP contribution in [0.4, 0.5) is 0 Å². The third-order valence-electron chi connectivity index (χ3n) is 5.73. The second-order valence-electron chi connectivity index (χ2n) is 7.66. The number of aliphatic hydroxyl groups excluding tert-OH is 5. The molecule has 0 aromatic carbocycles. The lowest BCUT2D eigenvalue weighted by molar-refractivity contribution is -0.139. The molecule has 5 N–H and O–H groups in total. The number of rotatable bonds is 18. The molecule has 0 aromatic rings. The van der Waals surface area contributed by atoms with Crippen molar-refractivity contribution in [1.29, 1.82) is 0 Å². The van der Waals surface area contributed by atoms with Crippen molar-refractivity contribution in [3.8, 4) is 0 Å². The zero-order chi connectivity index (χ0) is 20.8. The van der Waals surface area contributed by atoms with Gasteiger partial charge in [-0.3, -0.25) is 0 Å². The normalized spacial score (nSPS) is 15.1. The standard InChI is InChI=1S/C19H40O8/c1-4-17(7-20,8-21)12-25-14-19(6-3,11-24)15-27-16-26-13-18(5-2,9-22)10-23/h20-24H,4-16H2,1-3H3. The molecule has 164 valence electrons. The molecule has 0 rings (SSSR count). The fourth-order valence-electron chi connectivity index (χ4n) is 2.44. The fourth-order valence-corrected chi connectivity index (χ4v) is 2.44. The van der Waals surface area contributed by atoms with E-state index in [0.29, 0.717) is 19.3 Å². The van der Waals surface area contributed by atoms with Gasteiger partial charge in [0.2, 0.25) is 0 Å². The Morgan fingerprint density at radius 1 is 0.481 bits per heavy atom. The van der Waals surface area contributed by atoms with Crippen LogP contribution in [0.15, 0.2) is 0 Å². The summed E-state index contributed by atoms with van der Waals surface area (Å²) in [6.07, 6.45) is 1.78. The van der Waals surface area contributed by atoms with Crippen LogP contribution in [0.5, 0.6) is 0 Å². The predicted octanol–water partition coefficient (Wildman–Crippen LogP) is 0.144. The maximum absolute atomic E-state index is 9.81. The molecule has 0 bridgehead atoms. The average Bonchev–Trinajstić information content (AvgIpc) is 2.73. The van der Waals surface area contributed by atoms with E-state index in [1.54, 1.807) is 0 Å². The zero-order valence-corrected chi connectivity index (χ0v) is 17.2. The van der Waals surface area contributed by atoms with E-state index < -0.39 is 16.2 Å². The number of hydrogen-bond donors (Lipinski definition) is 5. The zero-order valence-electron chi connectivity index (χ0n) is 17.2. The van der Waals surface area contributed by atoms with Crippen LogP contribution in [-0.4, -0.2) is 91.8 Å². The molecule has 1 unspecified atom stereocenters. The molecular weight excluding hydrogens is 356 g/mol. The molecule has 0 aromatic heterocycles. The van der Waals surface area contributed by atoms with Gasteiger partial charge in [0.1, 0.15) is 6.79 Å². The van der Waals surface area contributed by atoms with E-state index in [0.717, 1.165) is 0 Å². The molecular formula is C19H40O8. The largest absolute Gasteiger partial charge is 0.396 e. The third-order valence-corrected chi connectivity index (χ3v) is 5.73. The highest BCUT2D eigenvalue weighted by molar-refractivity contribution is 4.80. The summed E-state index contributed by atoms with van der Waals surface area (Å²) in [4.78, 5) is 0. The van der Waals surface area contributed by atoms with Crippen molar-refractivity contribution in [2.24, 2.45) is 16.2 Å². The predicted molar refractivity (Wildman–Crippen MR) is 101 cm³/mol. The Bertz CT molecular complexity index is 335. The van der Waals surface area contributed by atoms with Gasteiger partial charge in [0, 0.05) is 16.2 Å². The summed E-state index contributed by atoms with van der Waals surface area (Å²) in [6, 6.07) is 0. The summed E-state index contributed by atoms with van der Waals surface area (Å²) in [7, 11) is 0. The Labute approximate surface area is 163 Å². The van der Waals surface area contributed by atoms with Crippen LogP contribution in [0.1, 0.15) is 40.0 Å². The summed E-state index contributed by atoms with van der Waals surface area (Å²) in [5.74, 6) is 0. The van der Waals surface area contributed by atoms with E-state index in [2.05, 4.69) is 0 Å². The second-order valence-corrected chi connectivity index (χ2v) is 7.66. The lowest BCUT2D eigenvalue weighted by atomic mass is 9.86. The lowest BCUT2D eigenvalue weighted by Gasteiger charge is -2.34. The summed E-state index contributed by atoms with van der Waals surface area (Å²) in [5, 5.41) is 47.6. The van der Waals surface area contributed by atoms with Gasteiger partial charge in [-0.15, -0.1) is 0 Å². The molecule has 1 atom stereocenters. The van der Waals surface area contributed by atoms with Gasteiger partial charge < -0.3 is 39.7 Å². The van der Waals surface area contributed by atoms with Gasteiger partial charge in [0.15, 0.2) is 0 Å². The molecule has 0 aliphatic carbocycles. The molecule has 0 aliphatic rings. The van der Waals surface area contributed by atoms with E-state index in [4.69, 9.17) is 14.2 Å². The highest BCUT2D eigenvalue weighted by Crippen LogP contribution is 2.26. The van der Waals surface area contributed by atoms with Gasteiger partial charge in [-0.25, -0.2) is 0 Å². The molecule has 27 heavy (non-hydrogen) atoms. The topological polar surface area (TPSA) is 129 Å². The van der Waals surface area contributed by atoms with Gasteiger partial charge >= 0.3 is 0 Å². The van der Waals surface area contributed by atoms with Crippen LogP contribution in [0, 0.1) is 16.2 Å². The van der Waals surface area contributed by atoms with Gasteiger partial charge in [-0.05, 0) is 19.3 Å². The number of aliphatic hydroxyl groups is 5. The number of ether oxygens (including phenoxy) is 3. The van der Waals surface area contributed by atoms with Crippen LogP contribution < -0.4 is 0 Å². The van der Waals surface area contributed by atoms with E-state index in [1.807, 2.05) is 20.8 Å². The minimum Gasteiger partial charge on any atom is -0.396 e. The number of hydrogen-bond acceptors (Lipinski definition) is 8. The summed E-state index contributed by atoms with van der Waals surface area (Å²) in [5.41, 5.74) is -1.97. The molecule has 0 spiro atoms. The Balaban J connectivity index is 4.46. The first kappa shape index (κ1) is 26.7. The van der Waals surface area contributed by atoms with E-state index in [1.165, 1.54) is 0 Å². The highest BCUT2D eigenvalue weighted by Gasteiger charge is 2.32. The molecule has 0 amide bonds. The maximum atomic E-state index is 9.81. The van der Waals surface area contributed by atoms with Crippen molar-refractivity contribution < 1.29 is 39.7 Å². The van der Waals surface area contributed by atoms with Crippen LogP contribution >= 0.6 is 0 Å². The molecule has 0 radical (unpaired) electrons. The van der Waals surface area contributed by atoms with Crippen molar-refractivity contribution in [3.05, 3.63) is 0 Å². The Hall–Kier alpha value is -0.320. The molecule has 8 nitrogen and oxygen atoms in total. The van der Waals surface area contributed by atoms with E-state index in [9.17, 15) is 25.5 Å². The van der Waals surface area contributed by atoms with E-state index >= 15 is 0 Å². The summed E-state index contributed by atoms with van der Waals surface area (Å²) in [6.45, 7) is 5.67. The first-order chi connectivity index (χ1) is 12.9. The fraction of sp³-hybridized carbons (Fsp3) is 1.00. The smallest absolute Gasteiger partial charge is 0.146 e. The maximum Gasteiger partial charge on any atom is 0.146 e. The monoisotopic (exact) mass is 396 g/mol. The molecule has 0 saturated carbocycles.